The Bertz CT molecular complexity index is 2180. The minimum absolute atomic E-state index is 1.24. The van der Waals surface area contributed by atoms with Crippen LogP contribution >= 0.6 is 10.2 Å². The van der Waals surface area contributed by atoms with E-state index < -0.39 is 10.2 Å². The van der Waals surface area contributed by atoms with Gasteiger partial charge in [-0.15, -0.1) is 0 Å². The summed E-state index contributed by atoms with van der Waals surface area (Å²) in [5.74, 6) is 0. The molecule has 0 aliphatic carbocycles. The molecule has 6 aromatic carbocycles. The van der Waals surface area contributed by atoms with Crippen LogP contribution in [0.25, 0.3) is 49.3 Å². The summed E-state index contributed by atoms with van der Waals surface area (Å²) >= 11 is 0. The van der Waals surface area contributed by atoms with Crippen LogP contribution in [0.3, 0.4) is 0 Å². The SMILES string of the molecule is c1ccc(S2(c3ccccc3)c3cccc4c5ccccc5n(c34)-c3cccc4c5ccccc5n2c34)cc1. The fourth-order valence-electron chi connectivity index (χ4n) is 6.84. The van der Waals surface area contributed by atoms with Crippen LogP contribution < -0.4 is 0 Å². The molecule has 0 atom stereocenters. The van der Waals surface area contributed by atoms with Gasteiger partial charge in [0.05, 0.1) is 27.8 Å². The van der Waals surface area contributed by atoms with E-state index >= 15 is 0 Å². The first-order chi connectivity index (χ1) is 19.4. The maximum absolute atomic E-state index is 2.72. The van der Waals surface area contributed by atoms with E-state index in [2.05, 4.69) is 154 Å². The highest BCUT2D eigenvalue weighted by molar-refractivity contribution is 8.33. The smallest absolute Gasteiger partial charge is 0.0838 e. The maximum atomic E-state index is 2.72. The summed E-state index contributed by atoms with van der Waals surface area (Å²) in [6.45, 7) is 0. The quantitative estimate of drug-likeness (QED) is 0.216. The van der Waals surface area contributed by atoms with Gasteiger partial charge in [0.15, 0.2) is 0 Å². The van der Waals surface area contributed by atoms with Crippen molar-refractivity contribution in [1.29, 1.82) is 0 Å². The van der Waals surface area contributed by atoms with Crippen molar-refractivity contribution in [1.82, 2.24) is 8.54 Å². The summed E-state index contributed by atoms with van der Waals surface area (Å²) in [5.41, 5.74) is 6.36. The van der Waals surface area contributed by atoms with Crippen molar-refractivity contribution in [2.75, 3.05) is 0 Å². The van der Waals surface area contributed by atoms with E-state index in [0.717, 1.165) is 0 Å². The van der Waals surface area contributed by atoms with Gasteiger partial charge >= 0.3 is 0 Å². The Morgan fingerprint density at radius 3 is 1.59 bits per heavy atom. The van der Waals surface area contributed by atoms with Gasteiger partial charge < -0.3 is 4.57 Å². The van der Waals surface area contributed by atoms with Crippen molar-refractivity contribution in [3.05, 3.63) is 146 Å². The van der Waals surface area contributed by atoms with Crippen LogP contribution in [0.1, 0.15) is 0 Å². The highest BCUT2D eigenvalue weighted by Gasteiger charge is 2.40. The Kier molecular flexibility index (Phi) is 4.17. The molecule has 1 aliphatic rings. The van der Waals surface area contributed by atoms with Crippen molar-refractivity contribution < 1.29 is 0 Å². The number of benzene rings is 6. The van der Waals surface area contributed by atoms with E-state index in [-0.39, 0.29) is 0 Å². The number of aromatic nitrogens is 2. The fourth-order valence-corrected chi connectivity index (χ4v) is 11.0. The van der Waals surface area contributed by atoms with E-state index in [9.17, 15) is 0 Å². The molecule has 0 saturated carbocycles. The summed E-state index contributed by atoms with van der Waals surface area (Å²) in [7, 11) is -1.96. The molecule has 2 aromatic heterocycles. The third kappa shape index (κ3) is 2.54. The molecule has 3 heterocycles. The van der Waals surface area contributed by atoms with Crippen LogP contribution in [0.2, 0.25) is 0 Å². The zero-order valence-corrected chi connectivity index (χ0v) is 22.0. The lowest BCUT2D eigenvalue weighted by molar-refractivity contribution is 1.17. The standard InChI is InChI=1S/C36H24N2S/c1-3-13-25(14-4-1)39(26-15-5-2-6-16-26)34-24-12-20-30-27-17-7-9-21-31(27)37(36(30)34)33-23-11-19-29-28-18-8-10-22-32(28)38(39)35(29)33/h1-24H. The number of rotatable bonds is 2. The molecule has 0 bridgehead atoms. The Morgan fingerprint density at radius 2 is 0.897 bits per heavy atom. The minimum Gasteiger partial charge on any atom is -0.306 e. The van der Waals surface area contributed by atoms with Gasteiger partial charge in [0, 0.05) is 36.2 Å². The van der Waals surface area contributed by atoms with Gasteiger partial charge in [-0.05, 0) is 48.5 Å². The second kappa shape index (κ2) is 7.66. The number of nitrogens with zero attached hydrogens (tertiary/aromatic N) is 2. The molecular formula is C36H24N2S. The summed E-state index contributed by atoms with van der Waals surface area (Å²) < 4.78 is 5.26. The molecule has 0 saturated heterocycles. The summed E-state index contributed by atoms with van der Waals surface area (Å²) in [6, 6.07) is 54.0. The molecule has 2 nitrogen and oxygen atoms in total. The Labute approximate surface area is 227 Å². The molecule has 0 amide bonds. The van der Waals surface area contributed by atoms with Crippen LogP contribution in [0.4, 0.5) is 0 Å². The van der Waals surface area contributed by atoms with Gasteiger partial charge in [-0.1, -0.05) is 107 Å². The van der Waals surface area contributed by atoms with Gasteiger partial charge in [-0.3, -0.25) is 3.97 Å². The Hall–Kier alpha value is -4.73. The highest BCUT2D eigenvalue weighted by Crippen LogP contribution is 2.73. The molecule has 3 heteroatoms. The lowest BCUT2D eigenvalue weighted by atomic mass is 10.1. The molecule has 9 rings (SSSR count). The number of hydrogen-bond donors (Lipinski definition) is 0. The largest absolute Gasteiger partial charge is 0.306 e. The van der Waals surface area contributed by atoms with Crippen LogP contribution in [-0.4, -0.2) is 8.54 Å². The van der Waals surface area contributed by atoms with Gasteiger partial charge in [-0.2, -0.15) is 0 Å². The van der Waals surface area contributed by atoms with Crippen LogP contribution in [0, 0.1) is 0 Å². The van der Waals surface area contributed by atoms with Gasteiger partial charge in [0.1, 0.15) is 0 Å². The predicted octanol–water partition coefficient (Wildman–Crippen LogP) is 9.95. The first-order valence-corrected chi connectivity index (χ1v) is 15.0. The lowest BCUT2D eigenvalue weighted by Crippen LogP contribution is -2.13. The topological polar surface area (TPSA) is 9.86 Å². The average Bonchev–Trinajstić information content (AvgIpc) is 3.49. The minimum atomic E-state index is -1.96. The van der Waals surface area contributed by atoms with Crippen LogP contribution in [-0.2, 0) is 0 Å². The van der Waals surface area contributed by atoms with Gasteiger partial charge in [-0.25, -0.2) is 0 Å². The molecular weight excluding hydrogens is 492 g/mol. The molecule has 0 unspecified atom stereocenters. The van der Waals surface area contributed by atoms with Crippen LogP contribution in [0.5, 0.6) is 0 Å². The van der Waals surface area contributed by atoms with Crippen molar-refractivity contribution >= 4 is 53.8 Å². The number of para-hydroxylation sites is 4. The van der Waals surface area contributed by atoms with E-state index in [0.29, 0.717) is 0 Å². The van der Waals surface area contributed by atoms with E-state index in [4.69, 9.17) is 0 Å². The molecule has 8 aromatic rings. The summed E-state index contributed by atoms with van der Waals surface area (Å²) in [4.78, 5) is 4.03. The monoisotopic (exact) mass is 516 g/mol. The third-order valence-corrected chi connectivity index (χ3v) is 12.1. The second-order valence-corrected chi connectivity index (χ2v) is 13.1. The van der Waals surface area contributed by atoms with Crippen molar-refractivity contribution in [2.24, 2.45) is 0 Å². The Balaban J connectivity index is 1.69. The molecule has 0 spiro atoms. The Morgan fingerprint density at radius 1 is 0.385 bits per heavy atom. The van der Waals surface area contributed by atoms with Gasteiger partial charge in [0.25, 0.3) is 0 Å². The molecule has 184 valence electrons. The second-order valence-electron chi connectivity index (χ2n) is 10.2. The normalized spacial score (nSPS) is 14.7. The third-order valence-electron chi connectivity index (χ3n) is 8.29. The predicted molar refractivity (Wildman–Crippen MR) is 164 cm³/mol. The van der Waals surface area contributed by atoms with E-state index in [1.165, 1.54) is 64.0 Å². The first kappa shape index (κ1) is 21.2. The van der Waals surface area contributed by atoms with Crippen molar-refractivity contribution in [3.63, 3.8) is 0 Å². The molecule has 0 fully saturated rings. The fraction of sp³-hybridized carbons (Fsp3) is 0. The van der Waals surface area contributed by atoms with Crippen molar-refractivity contribution in [3.8, 4) is 5.69 Å². The average molecular weight is 517 g/mol. The van der Waals surface area contributed by atoms with E-state index in [1.807, 2.05) is 0 Å². The zero-order chi connectivity index (χ0) is 25.6. The molecule has 1 aliphatic heterocycles. The lowest BCUT2D eigenvalue weighted by Gasteiger charge is -2.43. The molecule has 0 radical (unpaired) electrons. The summed E-state index contributed by atoms with van der Waals surface area (Å²) in [5, 5.41) is 5.19. The zero-order valence-electron chi connectivity index (χ0n) is 21.2. The maximum Gasteiger partial charge on any atom is 0.0838 e. The summed E-state index contributed by atoms with van der Waals surface area (Å²) in [6.07, 6.45) is 0. The van der Waals surface area contributed by atoms with Crippen LogP contribution in [0.15, 0.2) is 160 Å². The number of hydrogen-bond acceptors (Lipinski definition) is 0. The molecule has 0 N–H and O–H groups in total. The highest BCUT2D eigenvalue weighted by atomic mass is 32.3. The van der Waals surface area contributed by atoms with E-state index in [1.54, 1.807) is 0 Å². The van der Waals surface area contributed by atoms with Crippen molar-refractivity contribution in [2.45, 2.75) is 14.7 Å². The number of fused-ring (bicyclic) bond motifs is 7. The molecule has 39 heavy (non-hydrogen) atoms. The first-order valence-electron chi connectivity index (χ1n) is 13.4. The van der Waals surface area contributed by atoms with Gasteiger partial charge in [0.2, 0.25) is 0 Å².